The minimum absolute atomic E-state index is 0.00500. The molecule has 20 heavy (non-hydrogen) atoms. The minimum atomic E-state index is -3.77. The van der Waals surface area contributed by atoms with Gasteiger partial charge in [-0.2, -0.15) is 4.31 Å². The van der Waals surface area contributed by atoms with E-state index in [1.54, 1.807) is 19.9 Å². The fraction of sp³-hybridized carbons (Fsp3) is 0.462. The van der Waals surface area contributed by atoms with Crippen LogP contribution in [0, 0.1) is 13.8 Å². The van der Waals surface area contributed by atoms with E-state index in [-0.39, 0.29) is 23.5 Å². The number of rotatable bonds is 3. The van der Waals surface area contributed by atoms with Crippen molar-refractivity contribution < 1.29 is 23.4 Å². The Morgan fingerprint density at radius 3 is 2.45 bits per heavy atom. The third-order valence-electron chi connectivity index (χ3n) is 3.50. The summed E-state index contributed by atoms with van der Waals surface area (Å²) in [6.45, 7) is 3.57. The summed E-state index contributed by atoms with van der Waals surface area (Å²) >= 11 is 0. The standard InChI is InChI=1S/C13H17NO5S/c1-8-5-9(2)12(6-11(8)13(16)17)20(18,19)14-4-3-10(15)7-14/h5-6,10,15H,3-4,7H2,1-2H3,(H,16,17)/t10-/m0/s1. The molecule has 2 N–H and O–H groups in total. The number of aromatic carboxylic acids is 1. The summed E-state index contributed by atoms with van der Waals surface area (Å²) in [5.41, 5.74) is 1.01. The molecule has 0 spiro atoms. The van der Waals surface area contributed by atoms with Gasteiger partial charge in [0.15, 0.2) is 0 Å². The van der Waals surface area contributed by atoms with Crippen molar-refractivity contribution in [1.82, 2.24) is 4.31 Å². The zero-order chi connectivity index (χ0) is 15.1. The van der Waals surface area contributed by atoms with Crippen molar-refractivity contribution in [2.75, 3.05) is 13.1 Å². The molecule has 0 saturated carbocycles. The molecule has 0 amide bonds. The van der Waals surface area contributed by atoms with Crippen molar-refractivity contribution >= 4 is 16.0 Å². The number of sulfonamides is 1. The first kappa shape index (κ1) is 15.0. The molecule has 0 unspecified atom stereocenters. The Balaban J connectivity index is 2.51. The number of hydrogen-bond acceptors (Lipinski definition) is 4. The van der Waals surface area contributed by atoms with Crippen LogP contribution in [0.4, 0.5) is 0 Å². The molecule has 7 heteroatoms. The van der Waals surface area contributed by atoms with E-state index in [1.807, 2.05) is 0 Å². The summed E-state index contributed by atoms with van der Waals surface area (Å²) in [4.78, 5) is 11.1. The van der Waals surface area contributed by atoms with Gasteiger partial charge in [-0.15, -0.1) is 0 Å². The first-order valence-electron chi connectivity index (χ1n) is 6.26. The van der Waals surface area contributed by atoms with Crippen LogP contribution in [-0.2, 0) is 10.0 Å². The molecule has 0 aromatic heterocycles. The zero-order valence-electron chi connectivity index (χ0n) is 11.3. The molecular formula is C13H17NO5S. The topological polar surface area (TPSA) is 94.9 Å². The fourth-order valence-electron chi connectivity index (χ4n) is 2.41. The fourth-order valence-corrected chi connectivity index (χ4v) is 4.13. The second-order valence-corrected chi connectivity index (χ2v) is 6.95. The molecule has 1 aromatic carbocycles. The summed E-state index contributed by atoms with van der Waals surface area (Å²) in [6.07, 6.45) is -0.259. The quantitative estimate of drug-likeness (QED) is 0.859. The van der Waals surface area contributed by atoms with Gasteiger partial charge in [0.2, 0.25) is 10.0 Å². The molecule has 110 valence electrons. The summed E-state index contributed by atoms with van der Waals surface area (Å²) in [7, 11) is -3.77. The van der Waals surface area contributed by atoms with E-state index in [1.165, 1.54) is 10.4 Å². The average Bonchev–Trinajstić information content (AvgIpc) is 2.75. The third-order valence-corrected chi connectivity index (χ3v) is 5.50. The van der Waals surface area contributed by atoms with E-state index in [2.05, 4.69) is 0 Å². The van der Waals surface area contributed by atoms with Gasteiger partial charge in [-0.25, -0.2) is 13.2 Å². The van der Waals surface area contributed by atoms with E-state index in [4.69, 9.17) is 5.11 Å². The smallest absolute Gasteiger partial charge is 0.335 e. The van der Waals surface area contributed by atoms with E-state index in [0.717, 1.165) is 0 Å². The minimum Gasteiger partial charge on any atom is -0.478 e. The summed E-state index contributed by atoms with van der Waals surface area (Å²) < 4.78 is 26.2. The molecule has 0 radical (unpaired) electrons. The van der Waals surface area contributed by atoms with Crippen molar-refractivity contribution in [2.45, 2.75) is 31.3 Å². The van der Waals surface area contributed by atoms with Crippen molar-refractivity contribution in [1.29, 1.82) is 0 Å². The molecule has 1 atom stereocenters. The molecule has 1 aliphatic rings. The molecule has 1 heterocycles. The lowest BCUT2D eigenvalue weighted by molar-refractivity contribution is 0.0696. The van der Waals surface area contributed by atoms with Crippen molar-refractivity contribution in [3.8, 4) is 0 Å². The van der Waals surface area contributed by atoms with Gasteiger partial charge in [0.05, 0.1) is 16.6 Å². The lowest BCUT2D eigenvalue weighted by Gasteiger charge is -2.18. The Hall–Kier alpha value is -1.44. The van der Waals surface area contributed by atoms with Gasteiger partial charge in [-0.3, -0.25) is 0 Å². The van der Waals surface area contributed by atoms with Crippen LogP contribution in [0.2, 0.25) is 0 Å². The number of carboxylic acids is 1. The third kappa shape index (κ3) is 2.56. The highest BCUT2D eigenvalue weighted by molar-refractivity contribution is 7.89. The van der Waals surface area contributed by atoms with Gasteiger partial charge >= 0.3 is 5.97 Å². The van der Waals surface area contributed by atoms with Crippen LogP contribution in [0.25, 0.3) is 0 Å². The number of benzene rings is 1. The van der Waals surface area contributed by atoms with Crippen molar-refractivity contribution in [3.63, 3.8) is 0 Å². The number of carboxylic acid groups (broad SMARTS) is 1. The van der Waals surface area contributed by atoms with Crippen LogP contribution in [0.3, 0.4) is 0 Å². The van der Waals surface area contributed by atoms with Gasteiger partial charge in [-0.1, -0.05) is 6.07 Å². The van der Waals surface area contributed by atoms with Gasteiger partial charge in [0.25, 0.3) is 0 Å². The highest BCUT2D eigenvalue weighted by Gasteiger charge is 2.33. The maximum Gasteiger partial charge on any atom is 0.335 e. The second kappa shape index (κ2) is 5.16. The molecule has 0 aliphatic carbocycles. The predicted molar refractivity (Wildman–Crippen MR) is 72.3 cm³/mol. The Kier molecular flexibility index (Phi) is 3.86. The largest absolute Gasteiger partial charge is 0.478 e. The lowest BCUT2D eigenvalue weighted by atomic mass is 10.1. The number of aliphatic hydroxyl groups excluding tert-OH is 1. The van der Waals surface area contributed by atoms with Crippen LogP contribution >= 0.6 is 0 Å². The second-order valence-electron chi connectivity index (χ2n) is 5.04. The van der Waals surface area contributed by atoms with Gasteiger partial charge in [0.1, 0.15) is 0 Å². The molecule has 1 fully saturated rings. The Morgan fingerprint density at radius 2 is 1.95 bits per heavy atom. The first-order chi connectivity index (χ1) is 9.23. The predicted octanol–water partition coefficient (Wildman–Crippen LogP) is 0.757. The lowest BCUT2D eigenvalue weighted by Crippen LogP contribution is -2.30. The first-order valence-corrected chi connectivity index (χ1v) is 7.70. The number of hydrogen-bond donors (Lipinski definition) is 2. The van der Waals surface area contributed by atoms with Crippen LogP contribution in [0.1, 0.15) is 27.9 Å². The molecule has 2 rings (SSSR count). The molecule has 1 aliphatic heterocycles. The molecule has 1 aromatic rings. The number of β-amino-alcohol motifs (C(OH)–C–C–N with tert-alkyl or cyclic N) is 1. The van der Waals surface area contributed by atoms with E-state index in [0.29, 0.717) is 17.5 Å². The van der Waals surface area contributed by atoms with Crippen LogP contribution in [-0.4, -0.2) is 48.1 Å². The number of aryl methyl sites for hydroxylation is 2. The normalized spacial score (nSPS) is 20.2. The van der Waals surface area contributed by atoms with E-state index < -0.39 is 22.1 Å². The van der Waals surface area contributed by atoms with Crippen LogP contribution < -0.4 is 0 Å². The number of carbonyl (C=O) groups is 1. The van der Waals surface area contributed by atoms with E-state index in [9.17, 15) is 18.3 Å². The van der Waals surface area contributed by atoms with Gasteiger partial charge in [0, 0.05) is 13.1 Å². The molecule has 1 saturated heterocycles. The Labute approximate surface area is 117 Å². The van der Waals surface area contributed by atoms with E-state index >= 15 is 0 Å². The monoisotopic (exact) mass is 299 g/mol. The highest BCUT2D eigenvalue weighted by Crippen LogP contribution is 2.26. The summed E-state index contributed by atoms with van der Waals surface area (Å²) in [5.74, 6) is -1.15. The van der Waals surface area contributed by atoms with Crippen molar-refractivity contribution in [2.24, 2.45) is 0 Å². The SMILES string of the molecule is Cc1cc(C)c(S(=O)(=O)N2CC[C@H](O)C2)cc1C(=O)O. The maximum atomic E-state index is 12.5. The highest BCUT2D eigenvalue weighted by atomic mass is 32.2. The number of aliphatic hydroxyl groups is 1. The van der Waals surface area contributed by atoms with Crippen LogP contribution in [0.15, 0.2) is 17.0 Å². The van der Waals surface area contributed by atoms with Gasteiger partial charge < -0.3 is 10.2 Å². The summed E-state index contributed by atoms with van der Waals surface area (Å²) in [6, 6.07) is 2.76. The van der Waals surface area contributed by atoms with Gasteiger partial charge in [-0.05, 0) is 37.5 Å². The Bertz CT molecular complexity index is 653. The maximum absolute atomic E-state index is 12.5. The molecule has 6 nitrogen and oxygen atoms in total. The molecular weight excluding hydrogens is 282 g/mol. The summed E-state index contributed by atoms with van der Waals surface area (Å²) in [5, 5.41) is 18.6. The zero-order valence-corrected chi connectivity index (χ0v) is 12.1. The number of nitrogens with zero attached hydrogens (tertiary/aromatic N) is 1. The van der Waals surface area contributed by atoms with Crippen LogP contribution in [0.5, 0.6) is 0 Å². The van der Waals surface area contributed by atoms with Crippen molar-refractivity contribution in [3.05, 3.63) is 28.8 Å². The Morgan fingerprint density at radius 1 is 1.30 bits per heavy atom. The molecule has 0 bridgehead atoms. The average molecular weight is 299 g/mol.